The van der Waals surface area contributed by atoms with Crippen LogP contribution in [0.5, 0.6) is 0 Å². The van der Waals surface area contributed by atoms with Gasteiger partial charge in [0.15, 0.2) is 0 Å². The average Bonchev–Trinajstić information content (AvgIpc) is 3.46. The number of benzene rings is 4. The van der Waals surface area contributed by atoms with Gasteiger partial charge in [-0.3, -0.25) is 4.99 Å². The third-order valence-corrected chi connectivity index (χ3v) is 6.81. The Morgan fingerprint density at radius 1 is 0.636 bits per heavy atom. The first-order chi connectivity index (χ1) is 21.6. The molecule has 0 spiro atoms. The summed E-state index contributed by atoms with van der Waals surface area (Å²) in [6.45, 7) is 7.26. The Kier molecular flexibility index (Phi) is 16.7. The van der Waals surface area contributed by atoms with Crippen LogP contribution in [0.2, 0.25) is 0 Å². The van der Waals surface area contributed by atoms with E-state index in [0.717, 1.165) is 35.2 Å². The van der Waals surface area contributed by atoms with Crippen LogP contribution in [0.3, 0.4) is 0 Å². The van der Waals surface area contributed by atoms with Crippen LogP contribution in [0.15, 0.2) is 120 Å². The molecule has 44 heavy (non-hydrogen) atoms. The maximum Gasteiger partial charge on any atom is 0.104 e. The number of rotatable bonds is 14. The van der Waals surface area contributed by atoms with Crippen molar-refractivity contribution in [1.82, 2.24) is 0 Å². The van der Waals surface area contributed by atoms with Crippen LogP contribution in [0.4, 0.5) is 5.69 Å². The van der Waals surface area contributed by atoms with Gasteiger partial charge in [0.05, 0.1) is 51.4 Å². The molecule has 234 valence electrons. The molecule has 0 bridgehead atoms. The Labute approximate surface area is 263 Å². The summed E-state index contributed by atoms with van der Waals surface area (Å²) >= 11 is 0. The van der Waals surface area contributed by atoms with E-state index in [1.807, 2.05) is 104 Å². The van der Waals surface area contributed by atoms with Crippen LogP contribution in [0, 0.1) is 0 Å². The Morgan fingerprint density at radius 2 is 1.07 bits per heavy atom. The van der Waals surface area contributed by atoms with E-state index in [1.54, 1.807) is 7.11 Å². The lowest BCUT2D eigenvalue weighted by molar-refractivity contribution is -0.0484. The summed E-state index contributed by atoms with van der Waals surface area (Å²) in [5, 5.41) is 9.21. The first kappa shape index (κ1) is 34.8. The van der Waals surface area contributed by atoms with E-state index in [2.05, 4.69) is 30.1 Å². The zero-order chi connectivity index (χ0) is 31.2. The fourth-order valence-corrected chi connectivity index (χ4v) is 4.24. The van der Waals surface area contributed by atoms with Crippen LogP contribution in [-0.2, 0) is 45.2 Å². The SMILES string of the molecule is CC1=Nc2ccccc2C1.CCC(O)COCc1ccccc1.COC(COCc1ccccc1)COCc1ccccc1. The smallest absolute Gasteiger partial charge is 0.104 e. The fraction of sp³-hybridized carbons (Fsp3) is 0.342. The summed E-state index contributed by atoms with van der Waals surface area (Å²) in [7, 11) is 1.68. The van der Waals surface area contributed by atoms with Crippen LogP contribution >= 0.6 is 0 Å². The summed E-state index contributed by atoms with van der Waals surface area (Å²) in [6.07, 6.45) is 1.41. The standard InChI is InChI=1S/C18H22O3.C11H16O2.C9H9N/c1-19-18(14-20-12-16-8-4-2-5-9-16)15-21-13-17-10-6-3-7-11-17;1-2-11(12)9-13-8-10-6-4-3-5-7-10;1-7-6-8-4-2-3-5-9(8)10-7/h2-11,18H,12-15H2,1H3;3-7,11-12H,2,8-9H2,1H3;2-5H,6H2,1H3. The van der Waals surface area contributed by atoms with Crippen molar-refractivity contribution >= 4 is 11.4 Å². The lowest BCUT2D eigenvalue weighted by atomic mass is 10.1. The summed E-state index contributed by atoms with van der Waals surface area (Å²) in [6, 6.07) is 38.5. The molecule has 4 aromatic carbocycles. The van der Waals surface area contributed by atoms with E-state index in [9.17, 15) is 5.11 Å². The lowest BCUT2D eigenvalue weighted by Gasteiger charge is -2.16. The highest BCUT2D eigenvalue weighted by Gasteiger charge is 2.09. The predicted molar refractivity (Wildman–Crippen MR) is 178 cm³/mol. The molecule has 1 N–H and O–H groups in total. The van der Waals surface area contributed by atoms with Gasteiger partial charge in [-0.1, -0.05) is 116 Å². The van der Waals surface area contributed by atoms with E-state index < -0.39 is 0 Å². The summed E-state index contributed by atoms with van der Waals surface area (Å²) in [4.78, 5) is 4.37. The number of hydrogen-bond acceptors (Lipinski definition) is 6. The molecule has 0 saturated heterocycles. The van der Waals surface area contributed by atoms with Gasteiger partial charge < -0.3 is 24.1 Å². The minimum atomic E-state index is -0.330. The molecule has 1 atom stereocenters. The van der Waals surface area contributed by atoms with Gasteiger partial charge in [0.25, 0.3) is 0 Å². The highest BCUT2D eigenvalue weighted by atomic mass is 16.6. The maximum atomic E-state index is 9.21. The zero-order valence-electron chi connectivity index (χ0n) is 26.3. The van der Waals surface area contributed by atoms with E-state index in [4.69, 9.17) is 18.9 Å². The second-order valence-electron chi connectivity index (χ2n) is 10.6. The van der Waals surface area contributed by atoms with E-state index >= 15 is 0 Å². The van der Waals surface area contributed by atoms with Crippen molar-refractivity contribution in [2.24, 2.45) is 4.99 Å². The molecule has 4 aromatic rings. The minimum absolute atomic E-state index is 0.0441. The Hall–Kier alpha value is -3.65. The monoisotopic (exact) mass is 597 g/mol. The van der Waals surface area contributed by atoms with Crippen molar-refractivity contribution in [2.75, 3.05) is 26.9 Å². The van der Waals surface area contributed by atoms with Crippen molar-refractivity contribution < 1.29 is 24.1 Å². The number of aliphatic hydroxyl groups excluding tert-OH is 1. The number of ether oxygens (including phenoxy) is 4. The molecule has 0 aromatic heterocycles. The molecular weight excluding hydrogens is 550 g/mol. The molecule has 6 nitrogen and oxygen atoms in total. The first-order valence-electron chi connectivity index (χ1n) is 15.2. The molecule has 0 amide bonds. The molecule has 0 radical (unpaired) electrons. The number of hydrogen-bond donors (Lipinski definition) is 1. The largest absolute Gasteiger partial charge is 0.391 e. The van der Waals surface area contributed by atoms with Gasteiger partial charge >= 0.3 is 0 Å². The van der Waals surface area contributed by atoms with Gasteiger partial charge in [-0.15, -0.1) is 0 Å². The Balaban J connectivity index is 0.000000195. The molecule has 1 unspecified atom stereocenters. The maximum absolute atomic E-state index is 9.21. The lowest BCUT2D eigenvalue weighted by Crippen LogP contribution is -2.24. The van der Waals surface area contributed by atoms with E-state index in [-0.39, 0.29) is 12.2 Å². The van der Waals surface area contributed by atoms with Crippen LogP contribution in [0.1, 0.15) is 42.5 Å². The quantitative estimate of drug-likeness (QED) is 0.161. The van der Waals surface area contributed by atoms with Gasteiger partial charge in [0, 0.05) is 19.2 Å². The second kappa shape index (κ2) is 21.1. The number of para-hydroxylation sites is 1. The third kappa shape index (κ3) is 14.2. The minimum Gasteiger partial charge on any atom is -0.391 e. The summed E-state index contributed by atoms with van der Waals surface area (Å²) < 4.78 is 22.0. The van der Waals surface area contributed by atoms with Crippen molar-refractivity contribution in [1.29, 1.82) is 0 Å². The van der Waals surface area contributed by atoms with Gasteiger partial charge in [0.1, 0.15) is 6.10 Å². The predicted octanol–water partition coefficient (Wildman–Crippen LogP) is 7.74. The first-order valence-corrected chi connectivity index (χ1v) is 15.2. The van der Waals surface area contributed by atoms with Gasteiger partial charge in [-0.2, -0.15) is 0 Å². The number of nitrogens with zero attached hydrogens (tertiary/aromatic N) is 1. The Morgan fingerprint density at radius 3 is 1.50 bits per heavy atom. The highest BCUT2D eigenvalue weighted by Crippen LogP contribution is 2.25. The summed E-state index contributed by atoms with van der Waals surface area (Å²) in [5.41, 5.74) is 7.21. The highest BCUT2D eigenvalue weighted by molar-refractivity contribution is 5.91. The number of aliphatic imine (C=N–C) groups is 1. The molecule has 1 aliphatic heterocycles. The molecule has 1 aliphatic rings. The number of fused-ring (bicyclic) bond motifs is 1. The van der Waals surface area contributed by atoms with E-state index in [0.29, 0.717) is 39.6 Å². The number of methoxy groups -OCH3 is 1. The normalized spacial score (nSPS) is 12.3. The second-order valence-corrected chi connectivity index (χ2v) is 10.6. The van der Waals surface area contributed by atoms with Crippen molar-refractivity contribution in [3.63, 3.8) is 0 Å². The topological polar surface area (TPSA) is 69.5 Å². The van der Waals surface area contributed by atoms with Crippen molar-refractivity contribution in [2.45, 2.75) is 58.7 Å². The number of aliphatic hydroxyl groups is 1. The van der Waals surface area contributed by atoms with Crippen LogP contribution < -0.4 is 0 Å². The molecule has 1 heterocycles. The molecule has 0 saturated carbocycles. The van der Waals surface area contributed by atoms with Crippen LogP contribution in [0.25, 0.3) is 0 Å². The molecule has 0 aliphatic carbocycles. The van der Waals surface area contributed by atoms with Gasteiger partial charge in [-0.25, -0.2) is 0 Å². The van der Waals surface area contributed by atoms with E-state index in [1.165, 1.54) is 11.3 Å². The molecular formula is C38H47NO5. The van der Waals surface area contributed by atoms with Crippen LogP contribution in [-0.4, -0.2) is 50.0 Å². The molecule has 0 fully saturated rings. The third-order valence-electron chi connectivity index (χ3n) is 6.81. The fourth-order valence-electron chi connectivity index (χ4n) is 4.24. The summed E-state index contributed by atoms with van der Waals surface area (Å²) in [5.74, 6) is 0. The van der Waals surface area contributed by atoms with Gasteiger partial charge in [-0.05, 0) is 41.7 Å². The average molecular weight is 598 g/mol. The van der Waals surface area contributed by atoms with Crippen molar-refractivity contribution in [3.8, 4) is 0 Å². The van der Waals surface area contributed by atoms with Crippen molar-refractivity contribution in [3.05, 3.63) is 138 Å². The zero-order valence-corrected chi connectivity index (χ0v) is 26.3. The van der Waals surface area contributed by atoms with Gasteiger partial charge in [0.2, 0.25) is 0 Å². The molecule has 5 rings (SSSR count). The Bertz CT molecular complexity index is 1270. The molecule has 6 heteroatoms.